The Balaban J connectivity index is 1.23. The third-order valence-corrected chi connectivity index (χ3v) is 16.2. The second-order valence-electron chi connectivity index (χ2n) is 17.3. The lowest BCUT2D eigenvalue weighted by atomic mass is 9.55. The molecule has 7 aliphatic heterocycles. The summed E-state index contributed by atoms with van der Waals surface area (Å²) < 4.78 is 2.60. The van der Waals surface area contributed by atoms with Crippen molar-refractivity contribution in [1.29, 1.82) is 0 Å². The second-order valence-corrected chi connectivity index (χ2v) is 17.3. The zero-order valence-corrected chi connectivity index (χ0v) is 27.3. The minimum atomic E-state index is 0.226. The summed E-state index contributed by atoms with van der Waals surface area (Å²) in [5.74, 6) is 2.94. The van der Waals surface area contributed by atoms with E-state index in [0.717, 1.165) is 23.9 Å². The normalized spacial score (nSPS) is 51.7. The van der Waals surface area contributed by atoms with Crippen LogP contribution in [0.5, 0.6) is 0 Å². The molecule has 4 bridgehead atoms. The van der Waals surface area contributed by atoms with E-state index in [-0.39, 0.29) is 10.8 Å². The van der Waals surface area contributed by atoms with E-state index in [4.69, 9.17) is 0 Å². The molecule has 2 aromatic rings. The topological polar surface area (TPSA) is 6.48 Å². The first-order chi connectivity index (χ1) is 21.4. The molecular weight excluding hydrogens is 536 g/mol. The van der Waals surface area contributed by atoms with E-state index in [9.17, 15) is 0 Å². The highest BCUT2D eigenvalue weighted by Crippen LogP contribution is 2.69. The first-order valence-electron chi connectivity index (χ1n) is 18.3. The molecule has 2 spiro atoms. The highest BCUT2D eigenvalue weighted by molar-refractivity contribution is 5.76. The molecule has 6 fully saturated rings. The molecule has 11 rings (SSSR count). The lowest BCUT2D eigenvalue weighted by Gasteiger charge is -2.59. The van der Waals surface area contributed by atoms with Crippen LogP contribution in [0.2, 0.25) is 0 Å². The quantitative estimate of drug-likeness (QED) is 0.367. The fourth-order valence-corrected chi connectivity index (χ4v) is 14.6. The number of rotatable bonds is 2. The molecule has 4 unspecified atom stereocenters. The predicted octanol–water partition coefficient (Wildman–Crippen LogP) is 6.58. The van der Waals surface area contributed by atoms with Gasteiger partial charge >= 0.3 is 0 Å². The predicted molar refractivity (Wildman–Crippen MR) is 177 cm³/mol. The van der Waals surface area contributed by atoms with E-state index in [1.165, 1.54) is 73.7 Å². The zero-order chi connectivity index (χ0) is 29.4. The Morgan fingerprint density at radius 2 is 1.09 bits per heavy atom. The highest BCUT2D eigenvalue weighted by Gasteiger charge is 2.75. The maximum atomic E-state index is 2.93. The van der Waals surface area contributed by atoms with Gasteiger partial charge in [-0.1, -0.05) is 50.2 Å². The molecule has 4 nitrogen and oxygen atoms in total. The number of hydrogen-bond acceptors (Lipinski definition) is 2. The van der Waals surface area contributed by atoms with Crippen LogP contribution in [0, 0.1) is 23.7 Å². The van der Waals surface area contributed by atoms with Crippen LogP contribution >= 0.6 is 0 Å². The van der Waals surface area contributed by atoms with Gasteiger partial charge in [0.25, 0.3) is 0 Å². The molecule has 0 radical (unpaired) electrons. The number of quaternary nitrogens is 2. The summed E-state index contributed by atoms with van der Waals surface area (Å²) in [7, 11) is 5.28. The average molecular weight is 587 g/mol. The molecule has 12 atom stereocenters. The van der Waals surface area contributed by atoms with E-state index in [0.29, 0.717) is 23.9 Å². The average Bonchev–Trinajstić information content (AvgIpc) is 3.71. The smallest absolute Gasteiger partial charge is 0.102 e. The Morgan fingerprint density at radius 3 is 1.52 bits per heavy atom. The van der Waals surface area contributed by atoms with Crippen LogP contribution in [0.1, 0.15) is 63.5 Å². The van der Waals surface area contributed by atoms with Crippen molar-refractivity contribution in [2.75, 3.05) is 50.1 Å². The summed E-state index contributed by atoms with van der Waals surface area (Å²) in [5.41, 5.74) is 10.5. The summed E-state index contributed by atoms with van der Waals surface area (Å²) >= 11 is 0. The Bertz CT molecular complexity index is 1570. The number of likely N-dealkylation sites (N-methyl/N-ethyl adjacent to an activating group) is 2. The summed E-state index contributed by atoms with van der Waals surface area (Å²) in [5, 5.41) is 0. The van der Waals surface area contributed by atoms with Crippen LogP contribution in [-0.4, -0.2) is 73.4 Å². The third-order valence-electron chi connectivity index (χ3n) is 16.2. The van der Waals surface area contributed by atoms with Gasteiger partial charge in [-0.2, -0.15) is 0 Å². The Hall–Kier alpha value is -2.56. The van der Waals surface area contributed by atoms with Crippen LogP contribution in [0.3, 0.4) is 0 Å². The van der Waals surface area contributed by atoms with Gasteiger partial charge in [0.05, 0.1) is 63.2 Å². The maximum Gasteiger partial charge on any atom is 0.102 e. The monoisotopic (exact) mass is 586 g/mol. The van der Waals surface area contributed by atoms with Crippen molar-refractivity contribution in [1.82, 2.24) is 0 Å². The van der Waals surface area contributed by atoms with Crippen LogP contribution < -0.4 is 9.80 Å². The Kier molecular flexibility index (Phi) is 4.58. The number of anilines is 2. The van der Waals surface area contributed by atoms with Crippen molar-refractivity contribution >= 4 is 11.4 Å². The van der Waals surface area contributed by atoms with Crippen molar-refractivity contribution in [3.8, 4) is 0 Å². The number of para-hydroxylation sites is 2. The van der Waals surface area contributed by atoms with Gasteiger partial charge in [-0.15, -0.1) is 0 Å². The molecule has 0 amide bonds. The summed E-state index contributed by atoms with van der Waals surface area (Å²) in [6.45, 7) is 10.4. The van der Waals surface area contributed by atoms with E-state index in [1.54, 1.807) is 33.6 Å². The summed E-state index contributed by atoms with van der Waals surface area (Å²) in [6.07, 6.45) is 13.7. The van der Waals surface area contributed by atoms with Crippen molar-refractivity contribution < 1.29 is 8.97 Å². The number of piperidine rings is 2. The van der Waals surface area contributed by atoms with Crippen LogP contribution in [0.4, 0.5) is 11.4 Å². The molecular formula is C40H50N4+2. The van der Waals surface area contributed by atoms with Gasteiger partial charge in [-0.05, 0) is 59.1 Å². The summed E-state index contributed by atoms with van der Waals surface area (Å²) in [4.78, 5) is 5.87. The van der Waals surface area contributed by atoms with Crippen LogP contribution in [0.15, 0.2) is 72.1 Å². The molecule has 2 saturated carbocycles. The molecule has 2 aromatic carbocycles. The standard InChI is InChI=1S/C40H50N4/c1-5-25-23-43(3)17-15-39-31-11-7-10-14-34(31)42-22-30-28-20-36-40(16-18-44(36,4)24-26(28)6-2)32-12-8-9-13-33(32)41(38(30)40)21-29(37(39)42)27(25)19-35(39)43/h7-14,21-22,25-28,35-38H,5-6,15-20,23-24H2,1-4H3/q+2/b29-21-,30-22-/t25-,26-,27+,28+,35+,36+,37+,38+,39?,40?,43?,44?/m1/s1. The van der Waals surface area contributed by atoms with Crippen molar-refractivity contribution in [3.05, 3.63) is 83.2 Å². The number of hydrogen-bond donors (Lipinski definition) is 0. The Labute approximate surface area is 264 Å². The van der Waals surface area contributed by atoms with Gasteiger partial charge in [0, 0.05) is 61.3 Å². The highest BCUT2D eigenvalue weighted by atomic mass is 15.4. The molecule has 44 heavy (non-hydrogen) atoms. The molecule has 7 heterocycles. The molecule has 4 heteroatoms. The van der Waals surface area contributed by atoms with E-state index < -0.39 is 0 Å². The van der Waals surface area contributed by atoms with Crippen molar-refractivity contribution in [3.63, 3.8) is 0 Å². The van der Waals surface area contributed by atoms with Gasteiger partial charge in [-0.25, -0.2) is 0 Å². The third kappa shape index (κ3) is 2.54. The first kappa shape index (κ1) is 25.6. The fourth-order valence-electron chi connectivity index (χ4n) is 14.6. The lowest BCUT2D eigenvalue weighted by Crippen LogP contribution is -2.69. The largest absolute Gasteiger partial charge is 0.339 e. The maximum absolute atomic E-state index is 2.93. The van der Waals surface area contributed by atoms with Gasteiger partial charge in [-0.3, -0.25) is 0 Å². The second kappa shape index (κ2) is 7.86. The molecule has 228 valence electrons. The summed E-state index contributed by atoms with van der Waals surface area (Å²) in [6, 6.07) is 21.9. The fraction of sp³-hybridized carbons (Fsp3) is 0.600. The van der Waals surface area contributed by atoms with Gasteiger partial charge < -0.3 is 18.8 Å². The van der Waals surface area contributed by atoms with Crippen LogP contribution in [-0.2, 0) is 10.8 Å². The number of fused-ring (bicyclic) bond motifs is 8. The minimum Gasteiger partial charge on any atom is -0.339 e. The number of nitrogens with zero attached hydrogens (tertiary/aromatic N) is 4. The SMILES string of the molecule is CC[C@@H]1C[N+]2(C)CCC34c5ccccc5N5/C=C6/[C@H]7C[C@H]8C9(CC[N+]8(C)C[C@H]7CC)c7ccccc7N(/C=C(/[C@H]1C[C@@H]32)[C@H]54)[C@@H]69. The van der Waals surface area contributed by atoms with Crippen molar-refractivity contribution in [2.45, 2.75) is 87.4 Å². The van der Waals surface area contributed by atoms with Crippen molar-refractivity contribution in [2.24, 2.45) is 23.7 Å². The van der Waals surface area contributed by atoms with Gasteiger partial charge in [0.15, 0.2) is 0 Å². The van der Waals surface area contributed by atoms with E-state index in [1.807, 2.05) is 0 Å². The number of benzene rings is 2. The van der Waals surface area contributed by atoms with Gasteiger partial charge in [0.2, 0.25) is 0 Å². The van der Waals surface area contributed by atoms with E-state index >= 15 is 0 Å². The molecule has 2 aliphatic carbocycles. The van der Waals surface area contributed by atoms with Gasteiger partial charge in [0.1, 0.15) is 12.1 Å². The minimum absolute atomic E-state index is 0.226. The Morgan fingerprint density at radius 1 is 0.659 bits per heavy atom. The molecule has 0 aromatic heterocycles. The first-order valence-corrected chi connectivity index (χ1v) is 18.3. The lowest BCUT2D eigenvalue weighted by molar-refractivity contribution is -0.933. The molecule has 0 N–H and O–H groups in total. The zero-order valence-electron chi connectivity index (χ0n) is 27.3. The van der Waals surface area contributed by atoms with E-state index in [2.05, 4.69) is 98.7 Å². The molecule has 9 aliphatic rings. The molecule has 4 saturated heterocycles. The van der Waals surface area contributed by atoms with Crippen LogP contribution in [0.25, 0.3) is 0 Å².